The van der Waals surface area contributed by atoms with Gasteiger partial charge in [-0.1, -0.05) is 6.07 Å². The number of hydrogen-bond acceptors (Lipinski definition) is 1. The third kappa shape index (κ3) is 3.00. The van der Waals surface area contributed by atoms with Gasteiger partial charge in [-0.2, -0.15) is 0 Å². The van der Waals surface area contributed by atoms with Crippen LogP contribution >= 0.6 is 11.6 Å². The molecule has 0 spiro atoms. The third-order valence-corrected chi connectivity index (χ3v) is 3.44. The maximum absolute atomic E-state index is 14.0. The molecule has 0 radical (unpaired) electrons. The van der Waals surface area contributed by atoms with E-state index in [1.807, 2.05) is 6.92 Å². The van der Waals surface area contributed by atoms with Crippen molar-refractivity contribution in [2.24, 2.45) is 0 Å². The van der Waals surface area contributed by atoms with Crippen LogP contribution in [0.15, 0.2) is 24.3 Å². The molecule has 2 rings (SSSR count). The molecule has 5 heteroatoms. The number of aryl methyl sites for hydroxylation is 1. The lowest BCUT2D eigenvalue weighted by molar-refractivity contribution is 0.338. The number of hydrogen-bond donors (Lipinski definition) is 0. The Morgan fingerprint density at radius 2 is 1.76 bits per heavy atom. The van der Waals surface area contributed by atoms with E-state index in [4.69, 9.17) is 16.3 Å². The van der Waals surface area contributed by atoms with Crippen molar-refractivity contribution < 1.29 is 17.9 Å². The molecule has 0 unspecified atom stereocenters. The topological polar surface area (TPSA) is 9.23 Å². The summed E-state index contributed by atoms with van der Waals surface area (Å²) in [5.74, 6) is -3.53. The second-order valence-corrected chi connectivity index (χ2v) is 4.84. The maximum Gasteiger partial charge on any atom is 0.195 e. The van der Waals surface area contributed by atoms with Gasteiger partial charge in [0.05, 0.1) is 12.5 Å². The fourth-order valence-electron chi connectivity index (χ4n) is 2.10. The molecule has 2 aromatic rings. The van der Waals surface area contributed by atoms with E-state index >= 15 is 0 Å². The van der Waals surface area contributed by atoms with Crippen molar-refractivity contribution >= 4 is 11.6 Å². The minimum absolute atomic E-state index is 0.0179. The summed E-state index contributed by atoms with van der Waals surface area (Å²) in [5.41, 5.74) is 1.14. The molecule has 0 aromatic heterocycles. The maximum atomic E-state index is 14.0. The number of alkyl halides is 1. The smallest absolute Gasteiger partial charge is 0.195 e. The largest absolute Gasteiger partial charge is 0.494 e. The molecule has 2 aromatic carbocycles. The summed E-state index contributed by atoms with van der Waals surface area (Å²) < 4.78 is 46.4. The summed E-state index contributed by atoms with van der Waals surface area (Å²) >= 11 is 5.56. The molecule has 0 aliphatic rings. The highest BCUT2D eigenvalue weighted by Crippen LogP contribution is 2.31. The Morgan fingerprint density at radius 1 is 1.05 bits per heavy atom. The monoisotopic (exact) mass is 314 g/mol. The molecule has 0 aliphatic carbocycles. The van der Waals surface area contributed by atoms with Gasteiger partial charge < -0.3 is 4.74 Å². The molecule has 0 saturated carbocycles. The van der Waals surface area contributed by atoms with E-state index in [9.17, 15) is 13.2 Å². The number of ether oxygens (including phenoxy) is 1. The normalized spacial score (nSPS) is 10.8. The van der Waals surface area contributed by atoms with E-state index in [0.717, 1.165) is 5.56 Å². The van der Waals surface area contributed by atoms with E-state index in [2.05, 4.69) is 0 Å². The minimum atomic E-state index is -1.50. The van der Waals surface area contributed by atoms with Crippen molar-refractivity contribution in [3.63, 3.8) is 0 Å². The predicted octanol–water partition coefficient (Wildman–Crippen LogP) is 5.22. The molecular formula is C16H14ClF3O. The first-order valence-electron chi connectivity index (χ1n) is 6.45. The third-order valence-electron chi connectivity index (χ3n) is 3.15. The van der Waals surface area contributed by atoms with Gasteiger partial charge in [0.25, 0.3) is 0 Å². The Bertz CT molecular complexity index is 671. The molecule has 0 heterocycles. The van der Waals surface area contributed by atoms with Crippen LogP contribution in [0, 0.1) is 24.4 Å². The average molecular weight is 315 g/mol. The summed E-state index contributed by atoms with van der Waals surface area (Å²) in [5, 5.41) is 0. The zero-order valence-corrected chi connectivity index (χ0v) is 12.4. The second kappa shape index (κ2) is 6.39. The lowest BCUT2D eigenvalue weighted by Crippen LogP contribution is -2.00. The van der Waals surface area contributed by atoms with E-state index in [1.54, 1.807) is 25.1 Å². The molecule has 0 aliphatic heterocycles. The fraction of sp³-hybridized carbons (Fsp3) is 0.250. The summed E-state index contributed by atoms with van der Waals surface area (Å²) in [6, 6.07) is 6.18. The molecule has 0 saturated heterocycles. The predicted molar refractivity (Wildman–Crippen MR) is 77.2 cm³/mol. The quantitative estimate of drug-likeness (QED) is 0.555. The molecular weight excluding hydrogens is 301 g/mol. The van der Waals surface area contributed by atoms with Gasteiger partial charge in [0, 0.05) is 11.1 Å². The Morgan fingerprint density at radius 3 is 2.33 bits per heavy atom. The lowest BCUT2D eigenvalue weighted by Gasteiger charge is -2.12. The van der Waals surface area contributed by atoms with Crippen molar-refractivity contribution in [2.45, 2.75) is 19.7 Å². The second-order valence-electron chi connectivity index (χ2n) is 4.57. The standard InChI is InChI=1S/C16H14ClF3O/c1-3-21-13-5-4-10(6-9(13)2)12-7-11(8-17)14(18)16(20)15(12)19/h4-7H,3,8H2,1-2H3. The van der Waals surface area contributed by atoms with Crippen LogP contribution in [0.3, 0.4) is 0 Å². The first-order chi connectivity index (χ1) is 9.99. The molecule has 0 bridgehead atoms. The summed E-state index contributed by atoms with van der Waals surface area (Å²) in [7, 11) is 0. The Labute approximate surface area is 126 Å². The highest BCUT2D eigenvalue weighted by atomic mass is 35.5. The van der Waals surface area contributed by atoms with E-state index in [-0.39, 0.29) is 17.0 Å². The van der Waals surface area contributed by atoms with Gasteiger partial charge in [0.15, 0.2) is 17.5 Å². The highest BCUT2D eigenvalue weighted by molar-refractivity contribution is 6.17. The van der Waals surface area contributed by atoms with Crippen molar-refractivity contribution in [2.75, 3.05) is 6.61 Å². The highest BCUT2D eigenvalue weighted by Gasteiger charge is 2.19. The molecule has 0 atom stereocenters. The van der Waals surface area contributed by atoms with E-state index in [1.165, 1.54) is 6.07 Å². The number of rotatable bonds is 4. The molecule has 0 fully saturated rings. The van der Waals surface area contributed by atoms with Gasteiger partial charge in [0.1, 0.15) is 5.75 Å². The lowest BCUT2D eigenvalue weighted by atomic mass is 10.00. The number of benzene rings is 2. The van der Waals surface area contributed by atoms with Crippen LogP contribution in [-0.2, 0) is 5.88 Å². The van der Waals surface area contributed by atoms with Gasteiger partial charge in [-0.25, -0.2) is 13.2 Å². The summed E-state index contributed by atoms with van der Waals surface area (Å²) in [4.78, 5) is 0. The van der Waals surface area contributed by atoms with Gasteiger partial charge in [-0.15, -0.1) is 11.6 Å². The van der Waals surface area contributed by atoms with Crippen LogP contribution in [0.25, 0.3) is 11.1 Å². The van der Waals surface area contributed by atoms with E-state index in [0.29, 0.717) is 17.9 Å². The number of halogens is 4. The van der Waals surface area contributed by atoms with Crippen LogP contribution in [0.4, 0.5) is 13.2 Å². The molecule has 1 nitrogen and oxygen atoms in total. The first kappa shape index (κ1) is 15.7. The molecule has 0 N–H and O–H groups in total. The Kier molecular flexibility index (Phi) is 4.78. The van der Waals surface area contributed by atoms with Crippen LogP contribution in [0.2, 0.25) is 0 Å². The minimum Gasteiger partial charge on any atom is -0.494 e. The van der Waals surface area contributed by atoms with Crippen LogP contribution < -0.4 is 4.74 Å². The van der Waals surface area contributed by atoms with Crippen molar-refractivity contribution in [1.29, 1.82) is 0 Å². The van der Waals surface area contributed by atoms with Crippen LogP contribution in [0.1, 0.15) is 18.1 Å². The Balaban J connectivity index is 2.56. The summed E-state index contributed by atoms with van der Waals surface area (Å²) in [6.07, 6.45) is 0. The molecule has 0 amide bonds. The zero-order valence-electron chi connectivity index (χ0n) is 11.6. The van der Waals surface area contributed by atoms with Crippen molar-refractivity contribution in [3.05, 3.63) is 52.8 Å². The van der Waals surface area contributed by atoms with Crippen molar-refractivity contribution in [1.82, 2.24) is 0 Å². The fourth-order valence-corrected chi connectivity index (χ4v) is 2.29. The van der Waals surface area contributed by atoms with Crippen LogP contribution in [0.5, 0.6) is 5.75 Å². The van der Waals surface area contributed by atoms with Gasteiger partial charge in [0.2, 0.25) is 0 Å². The SMILES string of the molecule is CCOc1ccc(-c2cc(CCl)c(F)c(F)c2F)cc1C. The van der Waals surface area contributed by atoms with Gasteiger partial charge in [-0.05, 0) is 43.2 Å². The molecule has 21 heavy (non-hydrogen) atoms. The van der Waals surface area contributed by atoms with Gasteiger partial charge >= 0.3 is 0 Å². The van der Waals surface area contributed by atoms with Crippen molar-refractivity contribution in [3.8, 4) is 16.9 Å². The Hall–Kier alpha value is -1.68. The summed E-state index contributed by atoms with van der Waals surface area (Å²) in [6.45, 7) is 4.17. The van der Waals surface area contributed by atoms with E-state index < -0.39 is 17.5 Å². The zero-order chi connectivity index (χ0) is 15.6. The van der Waals surface area contributed by atoms with Crippen LogP contribution in [-0.4, -0.2) is 6.61 Å². The van der Waals surface area contributed by atoms with Gasteiger partial charge in [-0.3, -0.25) is 0 Å². The molecule has 112 valence electrons. The average Bonchev–Trinajstić information content (AvgIpc) is 2.48. The first-order valence-corrected chi connectivity index (χ1v) is 6.99.